The summed E-state index contributed by atoms with van der Waals surface area (Å²) >= 11 is 0. The molecule has 0 atom stereocenters. The van der Waals surface area contributed by atoms with E-state index >= 15 is 0 Å². The summed E-state index contributed by atoms with van der Waals surface area (Å²) in [5.41, 5.74) is 0. The molecule has 0 heterocycles. The summed E-state index contributed by atoms with van der Waals surface area (Å²) in [6, 6.07) is 0. The van der Waals surface area contributed by atoms with Gasteiger partial charge in [0.15, 0.2) is 0 Å². The van der Waals surface area contributed by atoms with Crippen molar-refractivity contribution in [2.24, 2.45) is 0 Å². The summed E-state index contributed by atoms with van der Waals surface area (Å²) in [4.78, 5) is 8.00. The van der Waals surface area contributed by atoms with Crippen molar-refractivity contribution in [2.75, 3.05) is 0 Å². The zero-order valence-electron chi connectivity index (χ0n) is 6.53. The van der Waals surface area contributed by atoms with Crippen LogP contribution >= 0.6 is 0 Å². The quantitative estimate of drug-likeness (QED) is 0.340. The van der Waals surface area contributed by atoms with Crippen LogP contribution in [0.2, 0.25) is 0 Å². The van der Waals surface area contributed by atoms with Crippen LogP contribution in [0.5, 0.6) is 0 Å². The number of rotatable bonds is 0. The Hall–Kier alpha value is 0.00766. The molecule has 0 unspecified atom stereocenters. The van der Waals surface area contributed by atoms with E-state index in [1.54, 1.807) is 0 Å². The third-order valence-electron chi connectivity index (χ3n) is 0. The first-order valence-corrected chi connectivity index (χ1v) is 0.289. The summed E-state index contributed by atoms with van der Waals surface area (Å²) in [7, 11) is 0. The van der Waals surface area contributed by atoms with Crippen LogP contribution in [0.25, 0.3) is 0 Å². The molecule has 20 valence electrons. The minimum Gasteiger partial charge on any atom is -1.00 e. The molecule has 0 rings (SSSR count). The Morgan fingerprint density at radius 2 is 1.25 bits per heavy atom. The predicted octanol–water partition coefficient (Wildman–Crippen LogP) is -0.496. The normalized spacial score (nSPS) is 1.00. The molecule has 0 aliphatic rings. The third-order valence-corrected chi connectivity index (χ3v) is 0. The van der Waals surface area contributed by atoms with Crippen LogP contribution in [0.4, 0.5) is 0 Å². The van der Waals surface area contributed by atoms with Gasteiger partial charge in [0.2, 0.25) is 0 Å². The van der Waals surface area contributed by atoms with Crippen LogP contribution in [0.15, 0.2) is 0 Å². The molecule has 0 N–H and O–H groups in total. The molecule has 0 aliphatic carbocycles. The molecule has 0 aromatic heterocycles. The topological polar surface area (TPSA) is 17.1 Å². The second kappa shape index (κ2) is 206000. The molecule has 0 aromatic carbocycles. The van der Waals surface area contributed by atoms with E-state index in [0.717, 1.165) is 0 Å². The van der Waals surface area contributed by atoms with Gasteiger partial charge >= 0.3 is 20.2 Å². The Kier molecular flexibility index (Phi) is 1840000. The summed E-state index contributed by atoms with van der Waals surface area (Å²) < 4.78 is 0. The zero-order valence-corrected chi connectivity index (χ0v) is 2.53. The van der Waals surface area contributed by atoms with Crippen LogP contribution in [-0.4, -0.2) is 27.0 Å². The molecule has 0 spiro atoms. The van der Waals surface area contributed by atoms with Gasteiger partial charge < -0.3 is 10.5 Å². The summed E-state index contributed by atoms with van der Waals surface area (Å²) in [5, 5.41) is 0. The molecule has 4 heavy (non-hydrogen) atoms. The van der Waals surface area contributed by atoms with Gasteiger partial charge in [0.05, 0.1) is 0 Å². The Labute approximate surface area is 38.8 Å². The van der Waals surface area contributed by atoms with Crippen molar-refractivity contribution >= 4 is 27.0 Å². The average Bonchev–Trinajstić information content (AvgIpc) is 1.00. The van der Waals surface area contributed by atoms with Gasteiger partial charge in [-0.05, 0) is 0 Å². The van der Waals surface area contributed by atoms with E-state index in [1.165, 1.54) is 0 Å². The van der Waals surface area contributed by atoms with Crippen LogP contribution < -0.4 is 0 Å². The molecule has 0 saturated heterocycles. The van der Waals surface area contributed by atoms with E-state index in [-0.39, 0.29) is 25.9 Å². The predicted molar refractivity (Wildman–Crippen MR) is 23.1 cm³/mol. The number of carbonyl (C=O) groups is 1. The van der Waals surface area contributed by atoms with E-state index in [0.29, 0.717) is 0 Å². The Bertz CT molecular complexity index is 14.0. The number of hydrogen-bond acceptors (Lipinski definition) is 1. The van der Waals surface area contributed by atoms with Crippen LogP contribution in [0.3, 0.4) is 0 Å². The van der Waals surface area contributed by atoms with Crippen molar-refractivity contribution < 1.29 is 10.5 Å². The first kappa shape index (κ1) is 35.7. The summed E-state index contributed by atoms with van der Waals surface area (Å²) in [5.74, 6) is 0. The molecule has 1 nitrogen and oxygen atoms in total. The van der Waals surface area contributed by atoms with Gasteiger partial charge in [0.25, 0.3) is 0 Å². The molecular formula is CH6Be2O. The van der Waals surface area contributed by atoms with Crippen molar-refractivity contribution in [3.8, 4) is 0 Å². The Morgan fingerprint density at radius 3 is 1.25 bits per heavy atom. The van der Waals surface area contributed by atoms with E-state index in [2.05, 4.69) is 0 Å². The smallest absolute Gasteiger partial charge is 1.00 e. The van der Waals surface area contributed by atoms with Crippen molar-refractivity contribution in [3.63, 3.8) is 0 Å². The zero-order chi connectivity index (χ0) is 2.00. The number of carbonyl (C=O) groups excluding carboxylic acids is 1. The minimum absolute atomic E-state index is 0. The number of hydrogen-bond donors (Lipinski definition) is 0. The van der Waals surface area contributed by atoms with Crippen molar-refractivity contribution in [3.05, 3.63) is 0 Å². The molecule has 0 aliphatic heterocycles. The third kappa shape index (κ3) is 34700. The summed E-state index contributed by atoms with van der Waals surface area (Å²) in [6.45, 7) is 2.00. The molecule has 3 heteroatoms. The maximum atomic E-state index is 8.00. The fourth-order valence-corrected chi connectivity index (χ4v) is 0. The Morgan fingerprint density at radius 1 is 1.25 bits per heavy atom. The second-order valence-corrected chi connectivity index (χ2v) is 0. The second-order valence-electron chi connectivity index (χ2n) is 0. The molecule has 0 radical (unpaired) electrons. The van der Waals surface area contributed by atoms with Gasteiger partial charge in [0, 0.05) is 0 Å². The Balaban J connectivity index is -0.000000000333. The SMILES string of the molecule is C=O.[Be+2].[Be+2].[H-].[H-].[H-].[H-]. The van der Waals surface area contributed by atoms with Gasteiger partial charge in [0.1, 0.15) is 6.79 Å². The van der Waals surface area contributed by atoms with Gasteiger partial charge in [-0.3, -0.25) is 0 Å². The maximum Gasteiger partial charge on any atom is 2.00 e. The fourth-order valence-electron chi connectivity index (χ4n) is 0. The molecule has 0 aromatic rings. The van der Waals surface area contributed by atoms with Gasteiger partial charge in [-0.25, -0.2) is 0 Å². The van der Waals surface area contributed by atoms with Crippen molar-refractivity contribution in [1.82, 2.24) is 0 Å². The van der Waals surface area contributed by atoms with E-state index in [1.807, 2.05) is 6.79 Å². The summed E-state index contributed by atoms with van der Waals surface area (Å²) in [6.07, 6.45) is 0. The first-order valence-electron chi connectivity index (χ1n) is 0.289. The van der Waals surface area contributed by atoms with E-state index in [4.69, 9.17) is 4.79 Å². The molecular weight excluding hydrogens is 46.0 g/mol. The molecule has 0 amide bonds. The van der Waals surface area contributed by atoms with Gasteiger partial charge in [-0.1, -0.05) is 0 Å². The largest absolute Gasteiger partial charge is 2.00 e. The van der Waals surface area contributed by atoms with Gasteiger partial charge in [-0.15, -0.1) is 0 Å². The fraction of sp³-hybridized carbons (Fsp3) is 0. The molecule has 0 saturated carbocycles. The van der Waals surface area contributed by atoms with Crippen LogP contribution in [0, 0.1) is 0 Å². The van der Waals surface area contributed by atoms with Crippen molar-refractivity contribution in [1.29, 1.82) is 0 Å². The van der Waals surface area contributed by atoms with Crippen LogP contribution in [-0.2, 0) is 4.79 Å². The molecule has 0 fully saturated rings. The van der Waals surface area contributed by atoms with Crippen molar-refractivity contribution in [2.45, 2.75) is 0 Å². The minimum atomic E-state index is 0. The van der Waals surface area contributed by atoms with E-state index < -0.39 is 0 Å². The standard InChI is InChI=1S/CH2O.2Be.4H/c1-2;;;;;;/h1H2;;;;;;/q;2*+2;4*-1. The monoisotopic (exact) mass is 52.1 g/mol. The molecule has 0 bridgehead atoms. The van der Waals surface area contributed by atoms with Crippen LogP contribution in [0.1, 0.15) is 5.71 Å². The van der Waals surface area contributed by atoms with E-state index in [9.17, 15) is 0 Å². The maximum absolute atomic E-state index is 8.00. The first-order chi connectivity index (χ1) is 1.00. The average molecular weight is 52.1 g/mol. The van der Waals surface area contributed by atoms with Gasteiger partial charge in [-0.2, -0.15) is 0 Å².